The molecule has 1 aromatic carbocycles. The van der Waals surface area contributed by atoms with Gasteiger partial charge < -0.3 is 4.74 Å². The van der Waals surface area contributed by atoms with E-state index in [1.54, 1.807) is 18.2 Å². The fourth-order valence-corrected chi connectivity index (χ4v) is 3.13. The molecule has 1 aromatic heterocycles. The van der Waals surface area contributed by atoms with Crippen molar-refractivity contribution in [2.24, 2.45) is 4.99 Å². The van der Waals surface area contributed by atoms with Crippen LogP contribution in [0.4, 0.5) is 17.6 Å². The van der Waals surface area contributed by atoms with E-state index in [0.717, 1.165) is 0 Å². The summed E-state index contributed by atoms with van der Waals surface area (Å²) in [4.78, 5) is 19.3. The van der Waals surface area contributed by atoms with Crippen LogP contribution in [0.3, 0.4) is 0 Å². The molecule has 0 saturated heterocycles. The lowest BCUT2D eigenvalue weighted by molar-refractivity contribution is -0.164. The SMILES string of the molecule is C[C@@]1(c2cc(Br)cnc2F)C[C@@H](C(F)(F)F)N=C(NC(=O)c2ccccc2)O1. The number of hydrogen-bond acceptors (Lipinski definition) is 4. The third-order valence-corrected chi connectivity index (χ3v) is 4.62. The van der Waals surface area contributed by atoms with Crippen molar-refractivity contribution in [3.05, 3.63) is 64.1 Å². The van der Waals surface area contributed by atoms with Crippen molar-refractivity contribution >= 4 is 27.9 Å². The van der Waals surface area contributed by atoms with Gasteiger partial charge in [-0.25, -0.2) is 9.98 Å². The molecule has 0 unspecified atom stereocenters. The van der Waals surface area contributed by atoms with Gasteiger partial charge >= 0.3 is 6.18 Å². The van der Waals surface area contributed by atoms with Gasteiger partial charge in [0.1, 0.15) is 5.60 Å². The second-order valence-corrected chi connectivity index (χ2v) is 7.26. The van der Waals surface area contributed by atoms with Crippen LogP contribution in [0.2, 0.25) is 0 Å². The van der Waals surface area contributed by atoms with E-state index in [2.05, 4.69) is 31.2 Å². The number of ether oxygens (including phenoxy) is 1. The summed E-state index contributed by atoms with van der Waals surface area (Å²) < 4.78 is 60.4. The van der Waals surface area contributed by atoms with Crippen LogP contribution in [0.15, 0.2) is 52.1 Å². The maximum Gasteiger partial charge on any atom is 0.411 e. The van der Waals surface area contributed by atoms with Crippen LogP contribution >= 0.6 is 15.9 Å². The molecular weight excluding hydrogens is 446 g/mol. The Balaban J connectivity index is 1.96. The largest absolute Gasteiger partial charge is 0.454 e. The number of amidine groups is 1. The number of aromatic nitrogens is 1. The standard InChI is InChI=1S/C18H14BrF4N3O2/c1-17(12-7-11(19)9-24-14(12)20)8-13(18(21,22)23)25-16(28-17)26-15(27)10-5-3-2-4-6-10/h2-7,9,13H,8H2,1H3,(H,25,26,27)/t13-,17-/m0/s1. The molecule has 5 nitrogen and oxygen atoms in total. The first-order valence-electron chi connectivity index (χ1n) is 8.10. The Bertz CT molecular complexity index is 921. The fraction of sp³-hybridized carbons (Fsp3) is 0.278. The molecule has 1 aliphatic heterocycles. The second-order valence-electron chi connectivity index (χ2n) is 6.34. The molecule has 28 heavy (non-hydrogen) atoms. The van der Waals surface area contributed by atoms with Crippen molar-refractivity contribution in [1.29, 1.82) is 0 Å². The van der Waals surface area contributed by atoms with Gasteiger partial charge in [-0.15, -0.1) is 0 Å². The van der Waals surface area contributed by atoms with Gasteiger partial charge in [-0.1, -0.05) is 18.2 Å². The number of carbonyl (C=O) groups is 1. The van der Waals surface area contributed by atoms with Gasteiger partial charge in [0, 0.05) is 22.7 Å². The number of nitrogens with one attached hydrogen (secondary N) is 1. The minimum atomic E-state index is -4.70. The molecule has 2 aromatic rings. The van der Waals surface area contributed by atoms with Crippen molar-refractivity contribution in [2.45, 2.75) is 31.2 Å². The quantitative estimate of drug-likeness (QED) is 0.536. The Labute approximate surface area is 166 Å². The summed E-state index contributed by atoms with van der Waals surface area (Å²) in [5.41, 5.74) is -1.72. The zero-order valence-corrected chi connectivity index (χ0v) is 16.0. The van der Waals surface area contributed by atoms with Gasteiger partial charge in [0.2, 0.25) is 5.95 Å². The third kappa shape index (κ3) is 4.32. The minimum absolute atomic E-state index is 0.183. The van der Waals surface area contributed by atoms with Crippen LogP contribution in [-0.4, -0.2) is 29.1 Å². The molecule has 10 heteroatoms. The number of benzene rings is 1. The fourth-order valence-electron chi connectivity index (χ4n) is 2.80. The number of pyridine rings is 1. The van der Waals surface area contributed by atoms with E-state index >= 15 is 0 Å². The lowest BCUT2D eigenvalue weighted by atomic mass is 9.88. The highest BCUT2D eigenvalue weighted by molar-refractivity contribution is 9.10. The molecule has 148 valence electrons. The van der Waals surface area contributed by atoms with Crippen molar-refractivity contribution in [1.82, 2.24) is 10.3 Å². The Morgan fingerprint density at radius 3 is 2.64 bits per heavy atom. The van der Waals surface area contributed by atoms with E-state index in [1.807, 2.05) is 0 Å². The highest BCUT2D eigenvalue weighted by Gasteiger charge is 2.50. The summed E-state index contributed by atoms with van der Waals surface area (Å²) in [7, 11) is 0. The summed E-state index contributed by atoms with van der Waals surface area (Å²) in [6.07, 6.45) is -4.20. The summed E-state index contributed by atoms with van der Waals surface area (Å²) in [6.45, 7) is 1.29. The van der Waals surface area contributed by atoms with Gasteiger partial charge in [-0.05, 0) is 41.1 Å². The van der Waals surface area contributed by atoms with E-state index in [0.29, 0.717) is 4.47 Å². The molecule has 0 bridgehead atoms. The average molecular weight is 460 g/mol. The van der Waals surface area contributed by atoms with Gasteiger partial charge in [0.05, 0.1) is 5.56 Å². The molecule has 1 N–H and O–H groups in total. The maximum atomic E-state index is 14.3. The molecule has 0 aliphatic carbocycles. The number of amides is 1. The highest BCUT2D eigenvalue weighted by Crippen LogP contribution is 2.41. The number of halogens is 5. The first-order chi connectivity index (χ1) is 13.1. The molecule has 2 heterocycles. The second kappa shape index (κ2) is 7.50. The Morgan fingerprint density at radius 1 is 1.32 bits per heavy atom. The summed E-state index contributed by atoms with van der Waals surface area (Å²) in [6, 6.07) is 6.32. The predicted molar refractivity (Wildman–Crippen MR) is 96.1 cm³/mol. The zero-order chi connectivity index (χ0) is 20.5. The molecule has 3 rings (SSSR count). The number of carbonyl (C=O) groups excluding carboxylic acids is 1. The number of rotatable bonds is 2. The molecule has 0 saturated carbocycles. The zero-order valence-electron chi connectivity index (χ0n) is 14.4. The van der Waals surface area contributed by atoms with Crippen LogP contribution in [0.5, 0.6) is 0 Å². The first kappa shape index (κ1) is 20.2. The van der Waals surface area contributed by atoms with Gasteiger partial charge in [-0.3, -0.25) is 10.1 Å². The molecule has 0 radical (unpaired) electrons. The minimum Gasteiger partial charge on any atom is -0.454 e. The van der Waals surface area contributed by atoms with Crippen LogP contribution in [0.25, 0.3) is 0 Å². The Kier molecular flexibility index (Phi) is 5.42. The monoisotopic (exact) mass is 459 g/mol. The van der Waals surface area contributed by atoms with Crippen LogP contribution in [0.1, 0.15) is 29.3 Å². The van der Waals surface area contributed by atoms with E-state index in [4.69, 9.17) is 4.74 Å². The Hall–Kier alpha value is -2.49. The molecule has 2 atom stereocenters. The highest BCUT2D eigenvalue weighted by atomic mass is 79.9. The summed E-state index contributed by atoms with van der Waals surface area (Å²) >= 11 is 3.12. The molecule has 1 aliphatic rings. The van der Waals surface area contributed by atoms with E-state index < -0.39 is 42.1 Å². The van der Waals surface area contributed by atoms with Crippen molar-refractivity contribution in [3.63, 3.8) is 0 Å². The van der Waals surface area contributed by atoms with Crippen molar-refractivity contribution < 1.29 is 27.1 Å². The topological polar surface area (TPSA) is 63.6 Å². The van der Waals surface area contributed by atoms with Crippen LogP contribution in [0, 0.1) is 5.95 Å². The van der Waals surface area contributed by atoms with Crippen molar-refractivity contribution in [2.75, 3.05) is 0 Å². The van der Waals surface area contributed by atoms with Gasteiger partial charge in [0.25, 0.3) is 11.9 Å². The summed E-state index contributed by atoms with van der Waals surface area (Å²) in [5.74, 6) is -1.67. The Morgan fingerprint density at radius 2 is 2.00 bits per heavy atom. The number of nitrogens with zero attached hydrogens (tertiary/aromatic N) is 2. The van der Waals surface area contributed by atoms with E-state index in [-0.39, 0.29) is 11.1 Å². The lowest BCUT2D eigenvalue weighted by Gasteiger charge is -2.37. The summed E-state index contributed by atoms with van der Waals surface area (Å²) in [5, 5.41) is 2.23. The normalized spacial score (nSPS) is 22.2. The molecule has 0 fully saturated rings. The van der Waals surface area contributed by atoms with Gasteiger partial charge in [-0.2, -0.15) is 17.6 Å². The number of aliphatic imine (C=N–C) groups is 1. The number of hydrogen-bond donors (Lipinski definition) is 1. The predicted octanol–water partition coefficient (Wildman–Crippen LogP) is 4.34. The molecule has 1 amide bonds. The van der Waals surface area contributed by atoms with Gasteiger partial charge in [0.15, 0.2) is 6.04 Å². The van der Waals surface area contributed by atoms with Crippen molar-refractivity contribution in [3.8, 4) is 0 Å². The number of alkyl halides is 3. The van der Waals surface area contributed by atoms with E-state index in [1.165, 1.54) is 31.3 Å². The van der Waals surface area contributed by atoms with E-state index in [9.17, 15) is 22.4 Å². The first-order valence-corrected chi connectivity index (χ1v) is 8.89. The average Bonchev–Trinajstić information content (AvgIpc) is 2.63. The molecular formula is C18H14BrF4N3O2. The third-order valence-electron chi connectivity index (χ3n) is 4.19. The lowest BCUT2D eigenvalue weighted by Crippen LogP contribution is -2.48. The van der Waals surface area contributed by atoms with Crippen LogP contribution < -0.4 is 5.32 Å². The smallest absolute Gasteiger partial charge is 0.411 e. The molecule has 0 spiro atoms. The van der Waals surface area contributed by atoms with Crippen LogP contribution in [-0.2, 0) is 10.3 Å². The maximum absolute atomic E-state index is 14.3.